The first-order valence-electron chi connectivity index (χ1n) is 12.5. The number of ether oxygens (including phenoxy) is 1. The maximum atomic E-state index is 14.2. The molecule has 3 heterocycles. The lowest BCUT2D eigenvalue weighted by Crippen LogP contribution is -2.42. The summed E-state index contributed by atoms with van der Waals surface area (Å²) < 4.78 is 43.4. The summed E-state index contributed by atoms with van der Waals surface area (Å²) in [5, 5.41) is 7.88. The minimum atomic E-state index is -2.49. The number of nitrogens with one attached hydrogen (secondary N) is 1. The van der Waals surface area contributed by atoms with E-state index in [-0.39, 0.29) is 11.7 Å². The van der Waals surface area contributed by atoms with Gasteiger partial charge in [0.1, 0.15) is 23.7 Å². The fraction of sp³-hybridized carbons (Fsp3) is 0.333. The molecule has 5 rings (SSSR count). The zero-order valence-electron chi connectivity index (χ0n) is 22.1. The number of halogens is 1. The summed E-state index contributed by atoms with van der Waals surface area (Å²) in [5.74, 6) is 1.50. The van der Waals surface area contributed by atoms with Crippen molar-refractivity contribution in [2.24, 2.45) is 4.36 Å². The van der Waals surface area contributed by atoms with Crippen molar-refractivity contribution in [3.05, 3.63) is 65.6 Å². The van der Waals surface area contributed by atoms with Crippen molar-refractivity contribution in [1.82, 2.24) is 20.0 Å². The summed E-state index contributed by atoms with van der Waals surface area (Å²) in [7, 11) is -2.49. The van der Waals surface area contributed by atoms with Crippen LogP contribution in [0, 0.1) is 19.7 Å². The summed E-state index contributed by atoms with van der Waals surface area (Å²) in [6.07, 6.45) is 0.911. The largest absolute Gasteiger partial charge is 0.480 e. The SMILES string of the molecule is CC(=O)N1CCS(=O)(=Nc2cc(C)c3c(Nc4ccc(F)cc4O[C@H](C)c4cc(C)no4)ncnc3c2)CC1. The quantitative estimate of drug-likeness (QED) is 0.345. The molecule has 0 radical (unpaired) electrons. The van der Waals surface area contributed by atoms with Crippen molar-refractivity contribution in [2.75, 3.05) is 29.9 Å². The second kappa shape index (κ2) is 10.6. The summed E-state index contributed by atoms with van der Waals surface area (Å²) >= 11 is 0. The third-order valence-corrected chi connectivity index (χ3v) is 8.73. The van der Waals surface area contributed by atoms with Gasteiger partial charge in [-0.3, -0.25) is 4.79 Å². The molecule has 12 heteroatoms. The summed E-state index contributed by atoms with van der Waals surface area (Å²) in [4.78, 5) is 22.2. The van der Waals surface area contributed by atoms with Crippen molar-refractivity contribution in [3.8, 4) is 5.75 Å². The minimum Gasteiger partial charge on any atom is -0.480 e. The Kier molecular flexibility index (Phi) is 7.21. The topological polar surface area (TPSA) is 123 Å². The number of anilines is 2. The summed E-state index contributed by atoms with van der Waals surface area (Å²) in [5.41, 5.74) is 3.23. The molecule has 1 aliphatic heterocycles. The number of carbonyl (C=O) groups is 1. The van der Waals surface area contributed by atoms with Crippen LogP contribution >= 0.6 is 0 Å². The van der Waals surface area contributed by atoms with Crippen molar-refractivity contribution in [3.63, 3.8) is 0 Å². The smallest absolute Gasteiger partial charge is 0.219 e. The Labute approximate surface area is 225 Å². The van der Waals surface area contributed by atoms with Crippen molar-refractivity contribution >= 4 is 43.7 Å². The van der Waals surface area contributed by atoms with Crippen LogP contribution < -0.4 is 10.1 Å². The highest BCUT2D eigenvalue weighted by molar-refractivity contribution is 7.93. The van der Waals surface area contributed by atoms with Crippen LogP contribution in [0.15, 0.2) is 51.6 Å². The fourth-order valence-electron chi connectivity index (χ4n) is 4.49. The Hall–Kier alpha value is -4.06. The standard InChI is InChI=1S/C27H29FN6O4S/c1-16-11-21(33-39(36)9-7-34(8-10-39)19(4)35)14-23-26(16)27(30-15-29-23)31-22-6-5-20(28)13-25(22)37-18(3)24-12-17(2)32-38-24/h5-6,11-15,18H,7-10H2,1-4H3,(H,29,30,31)/t18-/m1/s1. The molecule has 2 aromatic heterocycles. The number of aryl methyl sites for hydroxylation is 2. The molecule has 1 amide bonds. The number of carbonyl (C=O) groups excluding carboxylic acids is 1. The van der Waals surface area contributed by atoms with Gasteiger partial charge in [-0.15, -0.1) is 0 Å². The van der Waals surface area contributed by atoms with Gasteiger partial charge in [0.15, 0.2) is 11.9 Å². The molecule has 1 saturated heterocycles. The zero-order valence-corrected chi connectivity index (χ0v) is 22.9. The van der Waals surface area contributed by atoms with Gasteiger partial charge in [-0.25, -0.2) is 18.6 Å². The van der Waals surface area contributed by atoms with E-state index in [0.717, 1.165) is 16.6 Å². The Balaban J connectivity index is 1.45. The molecule has 1 fully saturated rings. The average molecular weight is 553 g/mol. The predicted molar refractivity (Wildman–Crippen MR) is 146 cm³/mol. The van der Waals surface area contributed by atoms with Gasteiger partial charge < -0.3 is 19.5 Å². The van der Waals surface area contributed by atoms with Gasteiger partial charge in [-0.05, 0) is 50.6 Å². The van der Waals surface area contributed by atoms with E-state index in [2.05, 4.69) is 24.8 Å². The highest BCUT2D eigenvalue weighted by atomic mass is 32.2. The molecular weight excluding hydrogens is 523 g/mol. The van der Waals surface area contributed by atoms with Crippen LogP contribution in [0.1, 0.15) is 37.0 Å². The number of rotatable bonds is 6. The molecule has 0 bridgehead atoms. The number of fused-ring (bicyclic) bond motifs is 1. The van der Waals surface area contributed by atoms with Crippen molar-refractivity contribution in [1.29, 1.82) is 0 Å². The fourth-order valence-corrected chi connectivity index (χ4v) is 6.37. The summed E-state index contributed by atoms with van der Waals surface area (Å²) in [6.45, 7) is 7.87. The monoisotopic (exact) mass is 552 g/mol. The van der Waals surface area contributed by atoms with Gasteiger partial charge in [0.25, 0.3) is 0 Å². The predicted octanol–water partition coefficient (Wildman–Crippen LogP) is 5.22. The highest BCUT2D eigenvalue weighted by Crippen LogP contribution is 2.35. The van der Waals surface area contributed by atoms with Crippen LogP contribution in [0.2, 0.25) is 0 Å². The Morgan fingerprint density at radius 2 is 1.95 bits per heavy atom. The van der Waals surface area contributed by atoms with E-state index in [1.165, 1.54) is 25.4 Å². The Morgan fingerprint density at radius 1 is 1.18 bits per heavy atom. The van der Waals surface area contributed by atoms with Gasteiger partial charge in [0, 0.05) is 49.0 Å². The molecular formula is C27H29FN6O4S. The van der Waals surface area contributed by atoms with E-state index in [4.69, 9.17) is 9.26 Å². The second-order valence-corrected chi connectivity index (χ2v) is 12.1. The number of nitrogens with zero attached hydrogens (tertiary/aromatic N) is 5. The summed E-state index contributed by atoms with van der Waals surface area (Å²) in [6, 6.07) is 9.59. The first kappa shape index (κ1) is 26.5. The maximum Gasteiger partial charge on any atom is 0.219 e. The van der Waals surface area contributed by atoms with Crippen molar-refractivity contribution < 1.29 is 22.7 Å². The molecule has 1 atom stereocenters. The zero-order chi connectivity index (χ0) is 27.7. The molecule has 0 saturated carbocycles. The van der Waals surface area contributed by atoms with Crippen molar-refractivity contribution in [2.45, 2.75) is 33.8 Å². The van der Waals surface area contributed by atoms with Gasteiger partial charge in [-0.1, -0.05) is 5.16 Å². The van der Waals surface area contributed by atoms with Crippen LogP contribution in [0.25, 0.3) is 10.9 Å². The molecule has 0 unspecified atom stereocenters. The lowest BCUT2D eigenvalue weighted by Gasteiger charge is -2.27. The average Bonchev–Trinajstić information content (AvgIpc) is 3.32. The van der Waals surface area contributed by atoms with Crippen LogP contribution in [0.5, 0.6) is 5.75 Å². The lowest BCUT2D eigenvalue weighted by atomic mass is 10.1. The molecule has 0 spiro atoms. The normalized spacial score (nSPS) is 15.7. The van der Waals surface area contributed by atoms with E-state index in [1.54, 1.807) is 30.0 Å². The Morgan fingerprint density at radius 3 is 2.64 bits per heavy atom. The maximum absolute atomic E-state index is 14.2. The minimum absolute atomic E-state index is 0.0213. The molecule has 2 aromatic carbocycles. The highest BCUT2D eigenvalue weighted by Gasteiger charge is 2.23. The van der Waals surface area contributed by atoms with E-state index >= 15 is 0 Å². The second-order valence-electron chi connectivity index (χ2n) is 9.55. The molecule has 10 nitrogen and oxygen atoms in total. The van der Waals surface area contributed by atoms with E-state index in [9.17, 15) is 13.4 Å². The van der Waals surface area contributed by atoms with Gasteiger partial charge in [0.05, 0.1) is 32.3 Å². The van der Waals surface area contributed by atoms with Crippen LogP contribution in [0.4, 0.5) is 21.6 Å². The molecule has 0 aliphatic carbocycles. The molecule has 1 N–H and O–H groups in total. The van der Waals surface area contributed by atoms with E-state index in [0.29, 0.717) is 53.1 Å². The third-order valence-electron chi connectivity index (χ3n) is 6.54. The number of hydrogen-bond acceptors (Lipinski definition) is 9. The first-order valence-corrected chi connectivity index (χ1v) is 14.4. The molecule has 39 heavy (non-hydrogen) atoms. The molecule has 1 aliphatic rings. The van der Waals surface area contributed by atoms with E-state index < -0.39 is 21.7 Å². The Bertz CT molecular complexity index is 1670. The van der Waals surface area contributed by atoms with Gasteiger partial charge in [0.2, 0.25) is 5.91 Å². The van der Waals surface area contributed by atoms with E-state index in [1.807, 2.05) is 19.9 Å². The number of amides is 1. The number of hydrogen-bond donors (Lipinski definition) is 1. The van der Waals surface area contributed by atoms with Crippen LogP contribution in [-0.2, 0) is 14.5 Å². The van der Waals surface area contributed by atoms with Crippen LogP contribution in [-0.4, -0.2) is 54.7 Å². The first-order chi connectivity index (χ1) is 18.6. The van der Waals surface area contributed by atoms with Gasteiger partial charge >= 0.3 is 0 Å². The van der Waals surface area contributed by atoms with Gasteiger partial charge in [-0.2, -0.15) is 4.36 Å². The van der Waals surface area contributed by atoms with Crippen LogP contribution in [0.3, 0.4) is 0 Å². The lowest BCUT2D eigenvalue weighted by molar-refractivity contribution is -0.128. The molecule has 204 valence electrons. The number of benzene rings is 2. The molecule has 4 aromatic rings. The third kappa shape index (κ3) is 5.85. The number of aromatic nitrogens is 3.